The van der Waals surface area contributed by atoms with Gasteiger partial charge in [0.15, 0.2) is 6.10 Å². The van der Waals surface area contributed by atoms with E-state index in [9.17, 15) is 19.2 Å². The van der Waals surface area contributed by atoms with Crippen molar-refractivity contribution in [3.63, 3.8) is 0 Å². The standard InChI is InChI=1S/C35H24BrClN2O5/c1-18-8-10-22(11-9-18)32(40)20(3)44-35(43)27-17-29(38-31-19(2)30(37)28(36)16-26(27)31)21-12-14-23(15-13-21)39-33(41)24-6-4-5-7-25(24)34(39)42/h4-17,20H,1-3H3. The summed E-state index contributed by atoms with van der Waals surface area (Å²) in [4.78, 5) is 58.5. The number of carbonyl (C=O) groups is 4. The minimum atomic E-state index is -1.03. The van der Waals surface area contributed by atoms with Crippen molar-refractivity contribution < 1.29 is 23.9 Å². The van der Waals surface area contributed by atoms with Gasteiger partial charge in [-0.2, -0.15) is 0 Å². The molecule has 0 saturated heterocycles. The summed E-state index contributed by atoms with van der Waals surface area (Å²) in [6.45, 7) is 5.27. The second kappa shape index (κ2) is 11.4. The average Bonchev–Trinajstić information content (AvgIpc) is 3.28. The van der Waals surface area contributed by atoms with Crippen molar-refractivity contribution >= 4 is 67.7 Å². The highest BCUT2D eigenvalue weighted by Gasteiger charge is 2.36. The smallest absolute Gasteiger partial charge is 0.339 e. The Balaban J connectivity index is 1.36. The second-order valence-corrected chi connectivity index (χ2v) is 11.8. The maximum absolute atomic E-state index is 13.6. The number of hydrogen-bond acceptors (Lipinski definition) is 6. The molecule has 6 rings (SSSR count). The minimum Gasteiger partial charge on any atom is -0.451 e. The number of aromatic nitrogens is 1. The molecule has 2 heterocycles. The third-order valence-electron chi connectivity index (χ3n) is 7.65. The molecule has 4 aromatic carbocycles. The number of amides is 2. The lowest BCUT2D eigenvalue weighted by Gasteiger charge is -2.17. The molecule has 5 aromatic rings. The fraction of sp³-hybridized carbons (Fsp3) is 0.114. The molecule has 1 aliphatic heterocycles. The molecule has 0 bridgehead atoms. The van der Waals surface area contributed by atoms with E-state index in [1.807, 2.05) is 19.1 Å². The van der Waals surface area contributed by atoms with E-state index in [1.165, 1.54) is 0 Å². The number of Topliss-reactive ketones (excluding diaryl/α,β-unsaturated/α-hetero) is 1. The highest BCUT2D eigenvalue weighted by atomic mass is 79.9. The average molecular weight is 668 g/mol. The van der Waals surface area contributed by atoms with Gasteiger partial charge >= 0.3 is 5.97 Å². The van der Waals surface area contributed by atoms with Crippen LogP contribution >= 0.6 is 27.5 Å². The third-order valence-corrected chi connectivity index (χ3v) is 8.99. The molecule has 0 aliphatic carbocycles. The first kappa shape index (κ1) is 29.4. The van der Waals surface area contributed by atoms with Crippen molar-refractivity contribution in [1.82, 2.24) is 4.98 Å². The zero-order chi connectivity index (χ0) is 31.3. The lowest BCUT2D eigenvalue weighted by molar-refractivity contribution is 0.0320. The van der Waals surface area contributed by atoms with Crippen molar-refractivity contribution in [3.05, 3.63) is 128 Å². The first-order chi connectivity index (χ1) is 21.0. The number of pyridine rings is 1. The fourth-order valence-corrected chi connectivity index (χ4v) is 5.88. The van der Waals surface area contributed by atoms with Gasteiger partial charge in [-0.15, -0.1) is 0 Å². The number of hydrogen-bond donors (Lipinski definition) is 0. The van der Waals surface area contributed by atoms with Crippen LogP contribution in [0.25, 0.3) is 22.2 Å². The summed E-state index contributed by atoms with van der Waals surface area (Å²) in [5, 5.41) is 0.954. The maximum Gasteiger partial charge on any atom is 0.339 e. The zero-order valence-electron chi connectivity index (χ0n) is 23.9. The summed E-state index contributed by atoms with van der Waals surface area (Å²) in [5.41, 5.74) is 5.00. The molecule has 2 amide bonds. The fourth-order valence-electron chi connectivity index (χ4n) is 5.21. The summed E-state index contributed by atoms with van der Waals surface area (Å²) < 4.78 is 6.27. The molecular formula is C35H24BrClN2O5. The Labute approximate surface area is 266 Å². The van der Waals surface area contributed by atoms with Crippen molar-refractivity contribution in [1.29, 1.82) is 0 Å². The molecule has 1 aromatic heterocycles. The van der Waals surface area contributed by atoms with Crippen LogP contribution in [0.15, 0.2) is 89.4 Å². The number of carbonyl (C=O) groups excluding carboxylic acids is 4. The van der Waals surface area contributed by atoms with Gasteiger partial charge < -0.3 is 4.74 Å². The van der Waals surface area contributed by atoms with Crippen LogP contribution in [0.5, 0.6) is 0 Å². The van der Waals surface area contributed by atoms with Gasteiger partial charge in [-0.05, 0) is 78.7 Å². The number of imide groups is 1. The van der Waals surface area contributed by atoms with E-state index >= 15 is 0 Å². The molecule has 0 fully saturated rings. The van der Waals surface area contributed by atoms with Gasteiger partial charge in [0, 0.05) is 21.0 Å². The molecular weight excluding hydrogens is 644 g/mol. The second-order valence-electron chi connectivity index (χ2n) is 10.6. The van der Waals surface area contributed by atoms with Gasteiger partial charge in [-0.25, -0.2) is 14.7 Å². The quantitative estimate of drug-likeness (QED) is 0.103. The first-order valence-corrected chi connectivity index (χ1v) is 14.9. The number of anilines is 1. The number of aryl methyl sites for hydroxylation is 2. The van der Waals surface area contributed by atoms with E-state index in [1.54, 1.807) is 86.6 Å². The van der Waals surface area contributed by atoms with Crippen LogP contribution in [0.4, 0.5) is 5.69 Å². The highest BCUT2D eigenvalue weighted by Crippen LogP contribution is 2.36. The maximum atomic E-state index is 13.6. The summed E-state index contributed by atoms with van der Waals surface area (Å²) in [6, 6.07) is 23.8. The molecule has 0 N–H and O–H groups in total. The number of halogens is 2. The van der Waals surface area contributed by atoms with E-state index in [0.717, 1.165) is 10.5 Å². The summed E-state index contributed by atoms with van der Waals surface area (Å²) in [6.07, 6.45) is -1.03. The van der Waals surface area contributed by atoms with Gasteiger partial charge in [-0.3, -0.25) is 14.4 Å². The lowest BCUT2D eigenvalue weighted by atomic mass is 10.0. The van der Waals surface area contributed by atoms with Gasteiger partial charge in [0.05, 0.1) is 38.6 Å². The Bertz CT molecular complexity index is 1990. The number of nitrogens with zero attached hydrogens (tertiary/aromatic N) is 2. The van der Waals surface area contributed by atoms with Crippen molar-refractivity contribution in [3.8, 4) is 11.3 Å². The van der Waals surface area contributed by atoms with Crippen LogP contribution in [0.1, 0.15) is 59.5 Å². The predicted octanol–water partition coefficient (Wildman–Crippen LogP) is 8.16. The zero-order valence-corrected chi connectivity index (χ0v) is 26.2. The minimum absolute atomic E-state index is 0.207. The first-order valence-electron chi connectivity index (χ1n) is 13.7. The summed E-state index contributed by atoms with van der Waals surface area (Å²) in [7, 11) is 0. The molecule has 1 aliphatic rings. The van der Waals surface area contributed by atoms with Crippen LogP contribution in [0.3, 0.4) is 0 Å². The molecule has 44 heavy (non-hydrogen) atoms. The number of fused-ring (bicyclic) bond motifs is 2. The number of esters is 1. The summed E-state index contributed by atoms with van der Waals surface area (Å²) >= 11 is 9.99. The lowest BCUT2D eigenvalue weighted by Crippen LogP contribution is -2.29. The Hall–Kier alpha value is -4.66. The molecule has 1 atom stereocenters. The normalized spacial score (nSPS) is 13.2. The van der Waals surface area contributed by atoms with Gasteiger partial charge in [-0.1, -0.05) is 65.7 Å². The van der Waals surface area contributed by atoms with Gasteiger partial charge in [0.1, 0.15) is 0 Å². The van der Waals surface area contributed by atoms with Crippen molar-refractivity contribution in [2.24, 2.45) is 0 Å². The van der Waals surface area contributed by atoms with Crippen LogP contribution in [0, 0.1) is 13.8 Å². The molecule has 0 saturated carbocycles. The Morgan fingerprint density at radius 2 is 1.50 bits per heavy atom. The van der Waals surface area contributed by atoms with Crippen LogP contribution < -0.4 is 4.90 Å². The molecule has 9 heteroatoms. The predicted molar refractivity (Wildman–Crippen MR) is 173 cm³/mol. The number of ether oxygens (including phenoxy) is 1. The summed E-state index contributed by atoms with van der Waals surface area (Å²) in [5.74, 6) is -1.79. The van der Waals surface area contributed by atoms with Crippen LogP contribution in [-0.2, 0) is 4.74 Å². The van der Waals surface area contributed by atoms with E-state index in [0.29, 0.717) is 59.6 Å². The van der Waals surface area contributed by atoms with Crippen molar-refractivity contribution in [2.45, 2.75) is 26.9 Å². The van der Waals surface area contributed by atoms with E-state index in [4.69, 9.17) is 21.3 Å². The monoisotopic (exact) mass is 666 g/mol. The molecule has 218 valence electrons. The number of ketones is 1. The topological polar surface area (TPSA) is 93.6 Å². The molecule has 7 nitrogen and oxygen atoms in total. The van der Waals surface area contributed by atoms with E-state index in [-0.39, 0.29) is 11.3 Å². The van der Waals surface area contributed by atoms with Crippen molar-refractivity contribution in [2.75, 3.05) is 4.90 Å². The SMILES string of the molecule is Cc1ccc(C(=O)C(C)OC(=O)c2cc(-c3ccc(N4C(=O)c5ccccc5C4=O)cc3)nc3c(C)c(Cl)c(Br)cc23)cc1. The largest absolute Gasteiger partial charge is 0.451 e. The molecule has 1 unspecified atom stereocenters. The van der Waals surface area contributed by atoms with E-state index < -0.39 is 23.9 Å². The van der Waals surface area contributed by atoms with Crippen LogP contribution in [-0.4, -0.2) is 34.7 Å². The van der Waals surface area contributed by atoms with Gasteiger partial charge in [0.25, 0.3) is 11.8 Å². The Morgan fingerprint density at radius 1 is 0.886 bits per heavy atom. The van der Waals surface area contributed by atoms with Crippen LogP contribution in [0.2, 0.25) is 5.02 Å². The number of rotatable bonds is 6. The van der Waals surface area contributed by atoms with Gasteiger partial charge in [0.2, 0.25) is 5.78 Å². The Kier molecular flexibility index (Phi) is 7.65. The third kappa shape index (κ3) is 5.10. The van der Waals surface area contributed by atoms with E-state index in [2.05, 4.69) is 15.9 Å². The molecule has 0 spiro atoms. The Morgan fingerprint density at radius 3 is 2.11 bits per heavy atom. The highest BCUT2D eigenvalue weighted by molar-refractivity contribution is 9.10. The number of benzene rings is 4. The molecule has 0 radical (unpaired) electrons.